The third kappa shape index (κ3) is 5.21. The number of hydrogen-bond donors (Lipinski definition) is 0. The maximum atomic E-state index is 12.5. The van der Waals surface area contributed by atoms with Crippen LogP contribution in [0.3, 0.4) is 0 Å². The molecule has 0 saturated heterocycles. The Morgan fingerprint density at radius 1 is 0.931 bits per heavy atom. The predicted molar refractivity (Wildman–Crippen MR) is 109 cm³/mol. The van der Waals surface area contributed by atoms with Gasteiger partial charge in [0.25, 0.3) is 0 Å². The van der Waals surface area contributed by atoms with E-state index in [2.05, 4.69) is 0 Å². The van der Waals surface area contributed by atoms with Crippen LogP contribution in [-0.2, 0) is 14.8 Å². The molecule has 0 aromatic heterocycles. The fourth-order valence-corrected chi connectivity index (χ4v) is 4.21. The number of methoxy groups -OCH3 is 1. The minimum absolute atomic E-state index is 0.0973. The molecule has 0 saturated carbocycles. The lowest BCUT2D eigenvalue weighted by Crippen LogP contribution is -2.30. The topological polar surface area (TPSA) is 90.0 Å². The van der Waals surface area contributed by atoms with E-state index >= 15 is 0 Å². The molecule has 1 unspecified atom stereocenters. The Bertz CT molecular complexity index is 948. The van der Waals surface area contributed by atoms with Crippen molar-refractivity contribution in [1.82, 2.24) is 4.31 Å². The van der Waals surface area contributed by atoms with Crippen molar-refractivity contribution in [3.63, 3.8) is 0 Å². The van der Waals surface area contributed by atoms with Crippen LogP contribution < -0.4 is 4.74 Å². The molecule has 0 fully saturated rings. The average molecular weight is 419 g/mol. The standard InChI is InChI=1S/C21H25NO6S/c1-5-22(6-2)29(25,26)19-13-9-17(10-14-19)21(24)28-15(3)20(23)16-7-11-18(27-4)12-8-16/h7-15H,5-6H2,1-4H3. The number of benzene rings is 2. The molecule has 2 aromatic carbocycles. The van der Waals surface area contributed by atoms with Gasteiger partial charge in [0, 0.05) is 18.7 Å². The molecule has 29 heavy (non-hydrogen) atoms. The molecule has 0 spiro atoms. The van der Waals surface area contributed by atoms with Gasteiger partial charge in [-0.15, -0.1) is 0 Å². The third-order valence-corrected chi connectivity index (χ3v) is 6.52. The molecule has 0 bridgehead atoms. The summed E-state index contributed by atoms with van der Waals surface area (Å²) in [5.74, 6) is -0.432. The van der Waals surface area contributed by atoms with E-state index in [9.17, 15) is 18.0 Å². The van der Waals surface area contributed by atoms with Crippen LogP contribution in [0.15, 0.2) is 53.4 Å². The van der Waals surface area contributed by atoms with E-state index in [1.54, 1.807) is 38.1 Å². The van der Waals surface area contributed by atoms with Crippen LogP contribution in [0.5, 0.6) is 5.75 Å². The summed E-state index contributed by atoms with van der Waals surface area (Å²) in [5.41, 5.74) is 0.560. The van der Waals surface area contributed by atoms with Crippen molar-refractivity contribution < 1.29 is 27.5 Å². The van der Waals surface area contributed by atoms with Crippen LogP contribution in [0.4, 0.5) is 0 Å². The molecule has 156 valence electrons. The molecule has 2 rings (SSSR count). The number of esters is 1. The fraction of sp³-hybridized carbons (Fsp3) is 0.333. The Balaban J connectivity index is 2.09. The highest BCUT2D eigenvalue weighted by Crippen LogP contribution is 2.18. The van der Waals surface area contributed by atoms with Gasteiger partial charge in [0.15, 0.2) is 6.10 Å². The van der Waals surface area contributed by atoms with E-state index in [1.165, 1.54) is 42.6 Å². The molecule has 8 heteroatoms. The second kappa shape index (κ2) is 9.67. The van der Waals surface area contributed by atoms with Gasteiger partial charge < -0.3 is 9.47 Å². The van der Waals surface area contributed by atoms with E-state index in [4.69, 9.17) is 9.47 Å². The summed E-state index contributed by atoms with van der Waals surface area (Å²) in [6.07, 6.45) is -0.991. The lowest BCUT2D eigenvalue weighted by Gasteiger charge is -2.18. The number of nitrogens with zero attached hydrogens (tertiary/aromatic N) is 1. The molecule has 0 aliphatic heterocycles. The van der Waals surface area contributed by atoms with E-state index in [-0.39, 0.29) is 16.2 Å². The summed E-state index contributed by atoms with van der Waals surface area (Å²) in [6.45, 7) is 5.72. The zero-order valence-electron chi connectivity index (χ0n) is 16.9. The predicted octanol–water partition coefficient (Wildman–Crippen LogP) is 3.15. The Labute approximate surface area is 171 Å². The summed E-state index contributed by atoms with van der Waals surface area (Å²) < 4.78 is 36.6. The van der Waals surface area contributed by atoms with Gasteiger partial charge in [-0.25, -0.2) is 13.2 Å². The van der Waals surface area contributed by atoms with Gasteiger partial charge in [-0.05, 0) is 55.5 Å². The van der Waals surface area contributed by atoms with Crippen molar-refractivity contribution in [1.29, 1.82) is 0 Å². The largest absolute Gasteiger partial charge is 0.497 e. The van der Waals surface area contributed by atoms with E-state index < -0.39 is 22.1 Å². The van der Waals surface area contributed by atoms with Crippen LogP contribution in [0.25, 0.3) is 0 Å². The minimum atomic E-state index is -3.61. The monoisotopic (exact) mass is 419 g/mol. The van der Waals surface area contributed by atoms with E-state index in [1.807, 2.05) is 0 Å². The lowest BCUT2D eigenvalue weighted by molar-refractivity contribution is 0.0318. The SMILES string of the molecule is CCN(CC)S(=O)(=O)c1ccc(C(=O)OC(C)C(=O)c2ccc(OC)cc2)cc1. The van der Waals surface area contributed by atoms with Crippen LogP contribution >= 0.6 is 0 Å². The number of ether oxygens (including phenoxy) is 2. The Morgan fingerprint density at radius 2 is 1.45 bits per heavy atom. The molecule has 0 heterocycles. The number of hydrogen-bond acceptors (Lipinski definition) is 6. The Morgan fingerprint density at radius 3 is 1.93 bits per heavy atom. The normalized spacial score (nSPS) is 12.4. The smallest absolute Gasteiger partial charge is 0.338 e. The highest BCUT2D eigenvalue weighted by Gasteiger charge is 2.23. The number of carbonyl (C=O) groups is 2. The molecule has 0 aliphatic carbocycles. The van der Waals surface area contributed by atoms with Gasteiger partial charge in [0.2, 0.25) is 15.8 Å². The van der Waals surface area contributed by atoms with Gasteiger partial charge in [-0.1, -0.05) is 13.8 Å². The van der Waals surface area contributed by atoms with E-state index in [0.717, 1.165) is 0 Å². The summed E-state index contributed by atoms with van der Waals surface area (Å²) in [4.78, 5) is 24.9. The Hall–Kier alpha value is -2.71. The lowest BCUT2D eigenvalue weighted by atomic mass is 10.1. The highest BCUT2D eigenvalue weighted by atomic mass is 32.2. The summed E-state index contributed by atoms with van der Waals surface area (Å²) >= 11 is 0. The van der Waals surface area contributed by atoms with Gasteiger partial charge in [0.05, 0.1) is 17.6 Å². The number of rotatable bonds is 9. The number of ketones is 1. The minimum Gasteiger partial charge on any atom is -0.497 e. The van der Waals surface area contributed by atoms with Crippen molar-refractivity contribution in [3.05, 3.63) is 59.7 Å². The zero-order valence-corrected chi connectivity index (χ0v) is 17.7. The average Bonchev–Trinajstić information content (AvgIpc) is 2.74. The second-order valence-electron chi connectivity index (χ2n) is 6.25. The molecule has 7 nitrogen and oxygen atoms in total. The van der Waals surface area contributed by atoms with Gasteiger partial charge in [0.1, 0.15) is 5.75 Å². The quantitative estimate of drug-likeness (QED) is 0.458. The van der Waals surface area contributed by atoms with Crippen molar-refractivity contribution in [2.24, 2.45) is 0 Å². The van der Waals surface area contributed by atoms with Crippen LogP contribution in [0.1, 0.15) is 41.5 Å². The molecule has 0 radical (unpaired) electrons. The van der Waals surface area contributed by atoms with Gasteiger partial charge in [-0.3, -0.25) is 4.79 Å². The molecule has 0 amide bonds. The summed E-state index contributed by atoms with van der Waals surface area (Å²) in [7, 11) is -2.08. The number of carbonyl (C=O) groups excluding carboxylic acids is 2. The summed E-state index contributed by atoms with van der Waals surface area (Å²) in [6, 6.07) is 12.0. The molecule has 1 atom stereocenters. The third-order valence-electron chi connectivity index (χ3n) is 4.46. The maximum Gasteiger partial charge on any atom is 0.338 e. The molecule has 0 aliphatic rings. The Kier molecular flexibility index (Phi) is 7.53. The zero-order chi connectivity index (χ0) is 21.6. The first-order valence-electron chi connectivity index (χ1n) is 9.24. The summed E-state index contributed by atoms with van der Waals surface area (Å²) in [5, 5.41) is 0. The van der Waals surface area contributed by atoms with Crippen molar-refractivity contribution in [2.75, 3.05) is 20.2 Å². The number of sulfonamides is 1. The fourth-order valence-electron chi connectivity index (χ4n) is 2.75. The molecule has 2 aromatic rings. The van der Waals surface area contributed by atoms with Crippen LogP contribution in [0.2, 0.25) is 0 Å². The van der Waals surface area contributed by atoms with Crippen molar-refractivity contribution >= 4 is 21.8 Å². The first-order valence-corrected chi connectivity index (χ1v) is 10.7. The van der Waals surface area contributed by atoms with Crippen LogP contribution in [-0.4, -0.2) is 50.8 Å². The van der Waals surface area contributed by atoms with E-state index in [0.29, 0.717) is 24.4 Å². The van der Waals surface area contributed by atoms with Gasteiger partial charge >= 0.3 is 5.97 Å². The molecular formula is C21H25NO6S. The van der Waals surface area contributed by atoms with Gasteiger partial charge in [-0.2, -0.15) is 4.31 Å². The van der Waals surface area contributed by atoms with Crippen molar-refractivity contribution in [3.8, 4) is 5.75 Å². The van der Waals surface area contributed by atoms with Crippen molar-refractivity contribution in [2.45, 2.75) is 31.8 Å². The van der Waals surface area contributed by atoms with Crippen LogP contribution in [0, 0.1) is 0 Å². The molecule has 0 N–H and O–H groups in total. The first-order chi connectivity index (χ1) is 13.7. The number of Topliss-reactive ketones (excluding diaryl/α,β-unsaturated/α-hetero) is 1. The first kappa shape index (κ1) is 22.6. The maximum absolute atomic E-state index is 12.5. The highest BCUT2D eigenvalue weighted by molar-refractivity contribution is 7.89. The second-order valence-corrected chi connectivity index (χ2v) is 8.19. The molecular weight excluding hydrogens is 394 g/mol.